The molecule has 1 atom stereocenters. The van der Waals surface area contributed by atoms with Crippen molar-refractivity contribution in [2.75, 3.05) is 0 Å². The molecule has 0 bridgehead atoms. The van der Waals surface area contributed by atoms with Crippen LogP contribution in [0.2, 0.25) is 0 Å². The molecule has 0 aromatic heterocycles. The first kappa shape index (κ1) is 17.7. The van der Waals surface area contributed by atoms with Gasteiger partial charge >= 0.3 is 0 Å². The number of amides is 1. The highest BCUT2D eigenvalue weighted by molar-refractivity contribution is 6.04. The van der Waals surface area contributed by atoms with Crippen LogP contribution in [0.1, 0.15) is 42.7 Å². The average molecular weight is 328 g/mol. The van der Waals surface area contributed by atoms with E-state index in [0.29, 0.717) is 0 Å². The van der Waals surface area contributed by atoms with Crippen LogP contribution in [0.3, 0.4) is 0 Å². The fraction of sp³-hybridized carbons (Fsp3) is 0.263. The largest absolute Gasteiger partial charge is 0.462 e. The molecule has 0 aliphatic rings. The normalized spacial score (nSPS) is 12.8. The number of hydrogen-bond donors (Lipinski definition) is 1. The quantitative estimate of drug-likeness (QED) is 0.678. The Bertz CT molecular complexity index is 714. The van der Waals surface area contributed by atoms with Crippen LogP contribution in [0.15, 0.2) is 59.6 Å². The highest BCUT2D eigenvalue weighted by atomic mass is 19.1. The van der Waals surface area contributed by atoms with Crippen LogP contribution in [-0.4, -0.2) is 18.0 Å². The lowest BCUT2D eigenvalue weighted by atomic mass is 10.1. The zero-order valence-corrected chi connectivity index (χ0v) is 14.0. The molecular weight excluding hydrogens is 307 g/mol. The van der Waals surface area contributed by atoms with Crippen LogP contribution in [0.5, 0.6) is 0 Å². The highest BCUT2D eigenvalue weighted by Gasteiger charge is 2.14. The zero-order chi connectivity index (χ0) is 17.5. The molecule has 2 aromatic carbocycles. The fourth-order valence-electron chi connectivity index (χ4n) is 2.10. The number of hydrogen-bond acceptors (Lipinski definition) is 3. The summed E-state index contributed by atoms with van der Waals surface area (Å²) in [5.74, 6) is -0.933. The first-order valence-corrected chi connectivity index (χ1v) is 7.82. The maximum absolute atomic E-state index is 13.3. The predicted octanol–water partition coefficient (Wildman–Crippen LogP) is 4.10. The summed E-state index contributed by atoms with van der Waals surface area (Å²) in [6, 6.07) is 15.1. The maximum atomic E-state index is 13.3. The molecule has 1 N–H and O–H groups in total. The average Bonchev–Trinajstić information content (AvgIpc) is 2.55. The van der Waals surface area contributed by atoms with Crippen molar-refractivity contribution in [2.24, 2.45) is 4.99 Å². The summed E-state index contributed by atoms with van der Waals surface area (Å²) in [6.07, 6.45) is -0.153. The standard InChI is InChI=1S/C19H21FN2O2/c1-13(2)24-19(21-14(3)15-8-5-4-6-9-15)22-18(23)16-10-7-11-17(20)12-16/h4-14H,1-3H3,(H,21,22,23). The second kappa shape index (κ2) is 8.24. The van der Waals surface area contributed by atoms with Crippen molar-refractivity contribution in [1.29, 1.82) is 0 Å². The number of rotatable bonds is 4. The number of ether oxygens (including phenoxy) is 1. The van der Waals surface area contributed by atoms with E-state index >= 15 is 0 Å². The van der Waals surface area contributed by atoms with Crippen LogP contribution >= 0.6 is 0 Å². The monoisotopic (exact) mass is 328 g/mol. The molecule has 2 aromatic rings. The van der Waals surface area contributed by atoms with Crippen molar-refractivity contribution in [3.63, 3.8) is 0 Å². The van der Waals surface area contributed by atoms with E-state index in [4.69, 9.17) is 4.74 Å². The summed E-state index contributed by atoms with van der Waals surface area (Å²) in [6.45, 7) is 5.60. The molecule has 0 spiro atoms. The van der Waals surface area contributed by atoms with Gasteiger partial charge in [0.15, 0.2) is 0 Å². The van der Waals surface area contributed by atoms with Crippen molar-refractivity contribution < 1.29 is 13.9 Å². The van der Waals surface area contributed by atoms with E-state index in [1.807, 2.05) is 51.1 Å². The van der Waals surface area contributed by atoms with Gasteiger partial charge in [0.25, 0.3) is 11.9 Å². The van der Waals surface area contributed by atoms with E-state index < -0.39 is 11.7 Å². The summed E-state index contributed by atoms with van der Waals surface area (Å²) < 4.78 is 18.9. The molecule has 4 nitrogen and oxygen atoms in total. The molecule has 0 saturated heterocycles. The third-order valence-corrected chi connectivity index (χ3v) is 3.25. The third kappa shape index (κ3) is 5.19. The molecule has 0 aliphatic carbocycles. The minimum atomic E-state index is -0.469. The molecule has 0 heterocycles. The van der Waals surface area contributed by atoms with Crippen molar-refractivity contribution in [2.45, 2.75) is 32.9 Å². The van der Waals surface area contributed by atoms with Crippen molar-refractivity contribution in [3.05, 3.63) is 71.5 Å². The van der Waals surface area contributed by atoms with Gasteiger partial charge in [-0.2, -0.15) is 0 Å². The van der Waals surface area contributed by atoms with Crippen molar-refractivity contribution in [1.82, 2.24) is 5.32 Å². The molecule has 0 fully saturated rings. The molecule has 2 rings (SSSR count). The smallest absolute Gasteiger partial charge is 0.292 e. The molecule has 126 valence electrons. The van der Waals surface area contributed by atoms with Crippen molar-refractivity contribution >= 4 is 11.9 Å². The first-order chi connectivity index (χ1) is 11.5. The van der Waals surface area contributed by atoms with E-state index in [9.17, 15) is 9.18 Å². The summed E-state index contributed by atoms with van der Waals surface area (Å²) in [7, 11) is 0. The molecule has 1 unspecified atom stereocenters. The van der Waals surface area contributed by atoms with Gasteiger partial charge in [-0.3, -0.25) is 10.1 Å². The number of amidine groups is 1. The Morgan fingerprint density at radius 1 is 1.08 bits per heavy atom. The van der Waals surface area contributed by atoms with Crippen LogP contribution in [-0.2, 0) is 4.74 Å². The number of nitrogens with zero attached hydrogens (tertiary/aromatic N) is 1. The van der Waals surface area contributed by atoms with Gasteiger partial charge in [-0.25, -0.2) is 9.38 Å². The number of halogens is 1. The van der Waals surface area contributed by atoms with Gasteiger partial charge in [0.1, 0.15) is 5.82 Å². The fourth-order valence-corrected chi connectivity index (χ4v) is 2.10. The molecular formula is C19H21FN2O2. The van der Waals surface area contributed by atoms with Crippen molar-refractivity contribution in [3.8, 4) is 0 Å². The van der Waals surface area contributed by atoms with E-state index in [-0.39, 0.29) is 23.7 Å². The Kier molecular flexibility index (Phi) is 6.07. The van der Waals surface area contributed by atoms with Gasteiger partial charge in [0, 0.05) is 5.56 Å². The number of benzene rings is 2. The number of nitrogens with one attached hydrogen (secondary N) is 1. The van der Waals surface area contributed by atoms with Gasteiger partial charge in [0.2, 0.25) is 0 Å². The number of carbonyl (C=O) groups excluding carboxylic acids is 1. The van der Waals surface area contributed by atoms with E-state index in [0.717, 1.165) is 5.56 Å². The van der Waals surface area contributed by atoms with Gasteiger partial charge in [-0.1, -0.05) is 36.4 Å². The summed E-state index contributed by atoms with van der Waals surface area (Å²) in [4.78, 5) is 16.7. The molecule has 24 heavy (non-hydrogen) atoms. The Labute approximate surface area is 141 Å². The number of aliphatic imine (C=N–C) groups is 1. The minimum absolute atomic E-state index is 0.121. The van der Waals surface area contributed by atoms with Crippen LogP contribution in [0.4, 0.5) is 4.39 Å². The third-order valence-electron chi connectivity index (χ3n) is 3.25. The topological polar surface area (TPSA) is 50.7 Å². The summed E-state index contributed by atoms with van der Waals surface area (Å²) in [5, 5.41) is 2.61. The predicted molar refractivity (Wildman–Crippen MR) is 92.4 cm³/mol. The maximum Gasteiger partial charge on any atom is 0.292 e. The van der Waals surface area contributed by atoms with Crippen LogP contribution < -0.4 is 5.32 Å². The highest BCUT2D eigenvalue weighted by Crippen LogP contribution is 2.16. The first-order valence-electron chi connectivity index (χ1n) is 7.82. The Morgan fingerprint density at radius 2 is 1.79 bits per heavy atom. The SMILES string of the molecule is CC(C)OC(=NC(C)c1ccccc1)NC(=O)c1cccc(F)c1. The Hall–Kier alpha value is -2.69. The van der Waals surface area contributed by atoms with E-state index in [2.05, 4.69) is 10.3 Å². The molecule has 0 saturated carbocycles. The Balaban J connectivity index is 2.18. The lowest BCUT2D eigenvalue weighted by Crippen LogP contribution is -2.34. The van der Waals surface area contributed by atoms with E-state index in [1.54, 1.807) is 0 Å². The van der Waals surface area contributed by atoms with Gasteiger partial charge < -0.3 is 4.74 Å². The minimum Gasteiger partial charge on any atom is -0.462 e. The second-order valence-electron chi connectivity index (χ2n) is 5.65. The Morgan fingerprint density at radius 3 is 2.42 bits per heavy atom. The van der Waals surface area contributed by atoms with Gasteiger partial charge in [-0.15, -0.1) is 0 Å². The summed E-state index contributed by atoms with van der Waals surface area (Å²) >= 11 is 0. The molecule has 0 aliphatic heterocycles. The van der Waals surface area contributed by atoms with Crippen LogP contribution in [0, 0.1) is 5.82 Å². The van der Waals surface area contributed by atoms with E-state index in [1.165, 1.54) is 24.3 Å². The molecule has 0 radical (unpaired) electrons. The zero-order valence-electron chi connectivity index (χ0n) is 14.0. The van der Waals surface area contributed by atoms with Crippen LogP contribution in [0.25, 0.3) is 0 Å². The van der Waals surface area contributed by atoms with Gasteiger partial charge in [0.05, 0.1) is 12.1 Å². The molecule has 5 heteroatoms. The lowest BCUT2D eigenvalue weighted by Gasteiger charge is -2.16. The lowest BCUT2D eigenvalue weighted by molar-refractivity contribution is 0.0959. The van der Waals surface area contributed by atoms with Gasteiger partial charge in [-0.05, 0) is 44.5 Å². The summed E-state index contributed by atoms with van der Waals surface area (Å²) in [5.41, 5.74) is 1.21. The second-order valence-corrected chi connectivity index (χ2v) is 5.65. The molecule has 1 amide bonds. The number of carbonyl (C=O) groups is 1.